The zero-order chi connectivity index (χ0) is 12.5. The minimum Gasteiger partial charge on any atom is -0.480 e. The van der Waals surface area contributed by atoms with E-state index < -0.39 is 17.6 Å². The second-order valence-corrected chi connectivity index (χ2v) is 5.12. The third kappa shape index (κ3) is 2.52. The molecule has 2 unspecified atom stereocenters. The first-order chi connectivity index (χ1) is 7.25. The molecule has 1 amide bonds. The number of nitrogens with zero attached hydrogens (tertiary/aromatic N) is 1. The molecule has 5 heteroatoms. The number of carboxylic acid groups (broad SMARTS) is 1. The van der Waals surface area contributed by atoms with Crippen molar-refractivity contribution >= 4 is 11.9 Å². The smallest absolute Gasteiger partial charge is 0.326 e. The fourth-order valence-electron chi connectivity index (χ4n) is 2.16. The molecule has 0 saturated carbocycles. The highest BCUT2D eigenvalue weighted by molar-refractivity contribution is 5.89. The molecule has 1 fully saturated rings. The van der Waals surface area contributed by atoms with Gasteiger partial charge in [0, 0.05) is 6.54 Å². The van der Waals surface area contributed by atoms with Crippen molar-refractivity contribution in [2.45, 2.75) is 45.2 Å². The second-order valence-electron chi connectivity index (χ2n) is 5.12. The number of aliphatic carboxylic acids is 1. The second kappa shape index (κ2) is 4.41. The first kappa shape index (κ1) is 13.0. The number of nitrogens with two attached hydrogens (primary N) is 1. The predicted molar refractivity (Wildman–Crippen MR) is 59.8 cm³/mol. The molecule has 1 aliphatic rings. The van der Waals surface area contributed by atoms with E-state index in [0.717, 1.165) is 12.8 Å². The Morgan fingerprint density at radius 1 is 1.44 bits per heavy atom. The van der Waals surface area contributed by atoms with E-state index in [-0.39, 0.29) is 11.8 Å². The molecular formula is C11H20N2O3. The van der Waals surface area contributed by atoms with Crippen molar-refractivity contribution in [1.82, 2.24) is 4.90 Å². The van der Waals surface area contributed by atoms with Crippen LogP contribution in [0.2, 0.25) is 0 Å². The number of hydrogen-bond donors (Lipinski definition) is 2. The largest absolute Gasteiger partial charge is 0.480 e. The van der Waals surface area contributed by atoms with Gasteiger partial charge in [0.2, 0.25) is 5.91 Å². The Hall–Kier alpha value is -1.10. The molecule has 0 spiro atoms. The van der Waals surface area contributed by atoms with Crippen molar-refractivity contribution < 1.29 is 14.7 Å². The number of carboxylic acids is 1. The summed E-state index contributed by atoms with van der Waals surface area (Å²) >= 11 is 0. The fourth-order valence-corrected chi connectivity index (χ4v) is 2.16. The van der Waals surface area contributed by atoms with Gasteiger partial charge in [0.25, 0.3) is 0 Å². The zero-order valence-corrected chi connectivity index (χ0v) is 10.1. The van der Waals surface area contributed by atoms with Gasteiger partial charge in [-0.1, -0.05) is 6.92 Å². The Balaban J connectivity index is 2.92. The van der Waals surface area contributed by atoms with Crippen LogP contribution in [0.3, 0.4) is 0 Å². The molecule has 5 nitrogen and oxygen atoms in total. The molecular weight excluding hydrogens is 208 g/mol. The lowest BCUT2D eigenvalue weighted by molar-refractivity contribution is -0.156. The molecule has 0 aliphatic carbocycles. The SMILES string of the molecule is CC1CCCN(C(=O)C(C)(C)N)C1C(=O)O. The molecule has 0 aromatic rings. The van der Waals surface area contributed by atoms with Crippen LogP contribution < -0.4 is 5.73 Å². The fraction of sp³-hybridized carbons (Fsp3) is 0.818. The van der Waals surface area contributed by atoms with E-state index in [9.17, 15) is 9.59 Å². The van der Waals surface area contributed by atoms with Crippen LogP contribution in [0.1, 0.15) is 33.6 Å². The molecule has 2 atom stereocenters. The van der Waals surface area contributed by atoms with Crippen molar-refractivity contribution in [1.29, 1.82) is 0 Å². The maximum atomic E-state index is 12.0. The maximum absolute atomic E-state index is 12.0. The first-order valence-corrected chi connectivity index (χ1v) is 5.58. The van der Waals surface area contributed by atoms with Crippen LogP contribution in [0.4, 0.5) is 0 Å². The lowest BCUT2D eigenvalue weighted by Crippen LogP contribution is -2.59. The van der Waals surface area contributed by atoms with Crippen molar-refractivity contribution in [3.8, 4) is 0 Å². The Labute approximate surface area is 95.6 Å². The Kier molecular flexibility index (Phi) is 3.57. The summed E-state index contributed by atoms with van der Waals surface area (Å²) < 4.78 is 0. The van der Waals surface area contributed by atoms with Crippen LogP contribution in [0.25, 0.3) is 0 Å². The summed E-state index contributed by atoms with van der Waals surface area (Å²) in [6, 6.07) is -0.732. The van der Waals surface area contributed by atoms with Crippen molar-refractivity contribution in [3.05, 3.63) is 0 Å². The van der Waals surface area contributed by atoms with E-state index in [0.29, 0.717) is 6.54 Å². The quantitative estimate of drug-likeness (QED) is 0.718. The molecule has 16 heavy (non-hydrogen) atoms. The molecule has 0 aromatic carbocycles. The van der Waals surface area contributed by atoms with Crippen molar-refractivity contribution in [2.75, 3.05) is 6.54 Å². The third-order valence-corrected chi connectivity index (χ3v) is 3.00. The number of carbonyl (C=O) groups excluding carboxylic acids is 1. The van der Waals surface area contributed by atoms with E-state index in [1.807, 2.05) is 6.92 Å². The average Bonchev–Trinajstić information content (AvgIpc) is 2.14. The Bertz CT molecular complexity index is 296. The van der Waals surface area contributed by atoms with Crippen LogP contribution in [-0.4, -0.2) is 40.0 Å². The average molecular weight is 228 g/mol. The summed E-state index contributed by atoms with van der Waals surface area (Å²) in [4.78, 5) is 24.6. The number of hydrogen-bond acceptors (Lipinski definition) is 3. The highest BCUT2D eigenvalue weighted by Crippen LogP contribution is 2.25. The standard InChI is InChI=1S/C11H20N2O3/c1-7-5-4-6-13(8(7)9(14)15)10(16)11(2,3)12/h7-8H,4-6,12H2,1-3H3,(H,14,15). The van der Waals surface area contributed by atoms with E-state index in [4.69, 9.17) is 10.8 Å². The lowest BCUT2D eigenvalue weighted by Gasteiger charge is -2.40. The number of amides is 1. The summed E-state index contributed by atoms with van der Waals surface area (Å²) in [7, 11) is 0. The normalized spacial score (nSPS) is 26.6. The summed E-state index contributed by atoms with van der Waals surface area (Å²) in [6.45, 7) is 5.56. The van der Waals surface area contributed by atoms with Crippen LogP contribution >= 0.6 is 0 Å². The number of carbonyl (C=O) groups is 2. The maximum Gasteiger partial charge on any atom is 0.326 e. The summed E-state index contributed by atoms with van der Waals surface area (Å²) in [5.74, 6) is -1.24. The van der Waals surface area contributed by atoms with Gasteiger partial charge in [-0.2, -0.15) is 0 Å². The molecule has 1 aliphatic heterocycles. The summed E-state index contributed by atoms with van der Waals surface area (Å²) in [6.07, 6.45) is 1.68. The number of likely N-dealkylation sites (tertiary alicyclic amines) is 1. The highest BCUT2D eigenvalue weighted by Gasteiger charge is 2.40. The molecule has 92 valence electrons. The van der Waals surface area contributed by atoms with Crippen LogP contribution in [0, 0.1) is 5.92 Å². The lowest BCUT2D eigenvalue weighted by atomic mass is 9.89. The van der Waals surface area contributed by atoms with Gasteiger partial charge in [-0.05, 0) is 32.6 Å². The van der Waals surface area contributed by atoms with Gasteiger partial charge in [-0.25, -0.2) is 4.79 Å². The van der Waals surface area contributed by atoms with Gasteiger partial charge < -0.3 is 15.7 Å². The van der Waals surface area contributed by atoms with Gasteiger partial charge in [0.1, 0.15) is 6.04 Å². The van der Waals surface area contributed by atoms with Gasteiger partial charge in [0.05, 0.1) is 5.54 Å². The number of rotatable bonds is 2. The molecule has 3 N–H and O–H groups in total. The molecule has 0 aromatic heterocycles. The van der Waals surface area contributed by atoms with Gasteiger partial charge in [0.15, 0.2) is 0 Å². The van der Waals surface area contributed by atoms with Gasteiger partial charge in [-0.15, -0.1) is 0 Å². The van der Waals surface area contributed by atoms with Gasteiger partial charge in [-0.3, -0.25) is 4.79 Å². The van der Waals surface area contributed by atoms with E-state index in [2.05, 4.69) is 0 Å². The monoisotopic (exact) mass is 228 g/mol. The van der Waals surface area contributed by atoms with E-state index in [1.54, 1.807) is 13.8 Å². The van der Waals surface area contributed by atoms with E-state index in [1.165, 1.54) is 4.90 Å². The minimum absolute atomic E-state index is 0.0162. The van der Waals surface area contributed by atoms with Crippen molar-refractivity contribution in [3.63, 3.8) is 0 Å². The zero-order valence-electron chi connectivity index (χ0n) is 10.1. The van der Waals surface area contributed by atoms with Crippen LogP contribution in [0.5, 0.6) is 0 Å². The van der Waals surface area contributed by atoms with Crippen LogP contribution in [-0.2, 0) is 9.59 Å². The molecule has 1 saturated heterocycles. The molecule has 0 bridgehead atoms. The minimum atomic E-state index is -1.01. The van der Waals surface area contributed by atoms with E-state index >= 15 is 0 Å². The summed E-state index contributed by atoms with van der Waals surface area (Å²) in [5.41, 5.74) is 4.72. The Morgan fingerprint density at radius 2 is 2.00 bits per heavy atom. The third-order valence-electron chi connectivity index (χ3n) is 3.00. The number of piperidine rings is 1. The summed E-state index contributed by atoms with van der Waals surface area (Å²) in [5, 5.41) is 9.16. The highest BCUT2D eigenvalue weighted by atomic mass is 16.4. The predicted octanol–water partition coefficient (Wildman–Crippen LogP) is 0.435. The molecule has 1 heterocycles. The topological polar surface area (TPSA) is 83.6 Å². The molecule has 1 rings (SSSR count). The first-order valence-electron chi connectivity index (χ1n) is 5.58. The van der Waals surface area contributed by atoms with Gasteiger partial charge >= 0.3 is 5.97 Å². The van der Waals surface area contributed by atoms with Crippen LogP contribution in [0.15, 0.2) is 0 Å². The van der Waals surface area contributed by atoms with Crippen molar-refractivity contribution in [2.24, 2.45) is 11.7 Å². The Morgan fingerprint density at radius 3 is 2.44 bits per heavy atom. The molecule has 0 radical (unpaired) electrons.